The van der Waals surface area contributed by atoms with E-state index in [4.69, 9.17) is 30.1 Å². The summed E-state index contributed by atoms with van der Waals surface area (Å²) in [6.45, 7) is 9.07. The lowest BCUT2D eigenvalue weighted by molar-refractivity contribution is 0.0643. The highest BCUT2D eigenvalue weighted by atomic mass is 35.5. The molecule has 0 unspecified atom stereocenters. The van der Waals surface area contributed by atoms with Crippen molar-refractivity contribution in [1.82, 2.24) is 4.90 Å². The standard InChI is InChI=1S/C27H39N3O5.ClH/c1-18(2)30(19(3)4)27(31)21-16-23(32-5)25(24(17-21)33-6)35-15-9-7-8-14-34-22-12-10-20(11-13-22)26(28)29;/h10-13,16-19H,7-9,14-15H2,1-6H3,(H3,28,29);1H. The Morgan fingerprint density at radius 3 is 1.81 bits per heavy atom. The monoisotopic (exact) mass is 521 g/mol. The summed E-state index contributed by atoms with van der Waals surface area (Å²) in [5, 5.41) is 7.42. The number of rotatable bonds is 14. The maximum Gasteiger partial charge on any atom is 0.254 e. The van der Waals surface area contributed by atoms with Crippen LogP contribution < -0.4 is 24.7 Å². The molecular weight excluding hydrogens is 482 g/mol. The predicted molar refractivity (Wildman–Crippen MR) is 146 cm³/mol. The fraction of sp³-hybridized carbons (Fsp3) is 0.481. The van der Waals surface area contributed by atoms with E-state index in [0.717, 1.165) is 25.0 Å². The molecule has 0 aliphatic heterocycles. The van der Waals surface area contributed by atoms with Gasteiger partial charge in [0.05, 0.1) is 27.4 Å². The summed E-state index contributed by atoms with van der Waals surface area (Å²) >= 11 is 0. The van der Waals surface area contributed by atoms with Crippen molar-refractivity contribution in [3.8, 4) is 23.0 Å². The molecule has 200 valence electrons. The molecule has 0 bridgehead atoms. The first-order valence-corrected chi connectivity index (χ1v) is 12.0. The summed E-state index contributed by atoms with van der Waals surface area (Å²) in [5.41, 5.74) is 6.64. The number of halogens is 1. The number of benzene rings is 2. The van der Waals surface area contributed by atoms with Gasteiger partial charge >= 0.3 is 0 Å². The SMILES string of the molecule is COc1cc(C(=O)N(C(C)C)C(C)C)cc(OC)c1OCCCCCOc1ccc(C(=N)N)cc1.Cl. The number of amidine groups is 1. The number of carbonyl (C=O) groups is 1. The summed E-state index contributed by atoms with van der Waals surface area (Å²) in [6.07, 6.45) is 2.62. The van der Waals surface area contributed by atoms with Crippen LogP contribution in [0.1, 0.15) is 62.9 Å². The summed E-state index contributed by atoms with van der Waals surface area (Å²) in [7, 11) is 3.11. The molecule has 2 aromatic carbocycles. The van der Waals surface area contributed by atoms with Crippen LogP contribution in [0.4, 0.5) is 0 Å². The molecule has 1 amide bonds. The molecular formula is C27H40ClN3O5. The maximum atomic E-state index is 13.1. The van der Waals surface area contributed by atoms with E-state index >= 15 is 0 Å². The van der Waals surface area contributed by atoms with Crippen molar-refractivity contribution < 1.29 is 23.7 Å². The van der Waals surface area contributed by atoms with Gasteiger partial charge in [-0.05, 0) is 83.4 Å². The largest absolute Gasteiger partial charge is 0.494 e. The first kappa shape index (κ1) is 30.9. The van der Waals surface area contributed by atoms with Gasteiger partial charge in [-0.1, -0.05) is 0 Å². The van der Waals surface area contributed by atoms with Crippen molar-refractivity contribution in [2.45, 2.75) is 59.0 Å². The maximum absolute atomic E-state index is 13.1. The van der Waals surface area contributed by atoms with E-state index in [0.29, 0.717) is 41.6 Å². The predicted octanol–water partition coefficient (Wildman–Crippen LogP) is 5.30. The number of carbonyl (C=O) groups excluding carboxylic acids is 1. The van der Waals surface area contributed by atoms with E-state index in [9.17, 15) is 4.79 Å². The lowest BCUT2D eigenvalue weighted by Crippen LogP contribution is -2.42. The molecule has 0 atom stereocenters. The number of amides is 1. The number of unbranched alkanes of at least 4 members (excludes halogenated alkanes) is 2. The third kappa shape index (κ3) is 8.52. The van der Waals surface area contributed by atoms with E-state index in [1.54, 1.807) is 38.5 Å². The van der Waals surface area contributed by atoms with Gasteiger partial charge < -0.3 is 29.6 Å². The van der Waals surface area contributed by atoms with Crippen LogP contribution in [0, 0.1) is 5.41 Å². The minimum Gasteiger partial charge on any atom is -0.494 e. The fourth-order valence-corrected chi connectivity index (χ4v) is 3.84. The quantitative estimate of drug-likeness (QED) is 0.198. The van der Waals surface area contributed by atoms with Crippen molar-refractivity contribution in [2.75, 3.05) is 27.4 Å². The molecule has 0 saturated heterocycles. The Balaban J connectivity index is 0.00000648. The molecule has 9 heteroatoms. The van der Waals surface area contributed by atoms with Gasteiger partial charge in [0, 0.05) is 23.2 Å². The smallest absolute Gasteiger partial charge is 0.254 e. The zero-order valence-corrected chi connectivity index (χ0v) is 22.9. The minimum absolute atomic E-state index is 0. The Kier molecular flexibility index (Phi) is 12.9. The number of hydrogen-bond donors (Lipinski definition) is 2. The van der Waals surface area contributed by atoms with Crippen LogP contribution in [0.2, 0.25) is 0 Å². The van der Waals surface area contributed by atoms with E-state index < -0.39 is 0 Å². The average Bonchev–Trinajstić information content (AvgIpc) is 2.82. The van der Waals surface area contributed by atoms with E-state index in [-0.39, 0.29) is 36.2 Å². The molecule has 3 N–H and O–H groups in total. The normalized spacial score (nSPS) is 10.6. The molecule has 0 heterocycles. The minimum atomic E-state index is -0.0749. The van der Waals surface area contributed by atoms with Crippen LogP contribution in [0.25, 0.3) is 0 Å². The van der Waals surface area contributed by atoms with Gasteiger partial charge in [0.15, 0.2) is 11.5 Å². The summed E-state index contributed by atoms with van der Waals surface area (Å²) in [6, 6.07) is 10.7. The molecule has 0 aromatic heterocycles. The van der Waals surface area contributed by atoms with Crippen LogP contribution >= 0.6 is 12.4 Å². The van der Waals surface area contributed by atoms with Gasteiger partial charge in [0.25, 0.3) is 5.91 Å². The first-order chi connectivity index (χ1) is 16.7. The number of nitrogens with two attached hydrogens (primary N) is 1. The van der Waals surface area contributed by atoms with E-state index in [2.05, 4.69) is 0 Å². The van der Waals surface area contributed by atoms with Crippen molar-refractivity contribution in [3.63, 3.8) is 0 Å². The zero-order valence-electron chi connectivity index (χ0n) is 22.1. The molecule has 0 aliphatic carbocycles. The molecule has 8 nitrogen and oxygen atoms in total. The lowest BCUT2D eigenvalue weighted by atomic mass is 10.1. The third-order valence-electron chi connectivity index (χ3n) is 5.52. The molecule has 2 aromatic rings. The topological polar surface area (TPSA) is 107 Å². The first-order valence-electron chi connectivity index (χ1n) is 12.0. The summed E-state index contributed by atoms with van der Waals surface area (Å²) in [5.74, 6) is 2.15. The highest BCUT2D eigenvalue weighted by Crippen LogP contribution is 2.39. The second-order valence-electron chi connectivity index (χ2n) is 8.81. The van der Waals surface area contributed by atoms with E-state index in [1.165, 1.54) is 0 Å². The molecule has 0 aliphatic rings. The highest BCUT2D eigenvalue weighted by molar-refractivity contribution is 5.96. The number of hydrogen-bond acceptors (Lipinski definition) is 6. The van der Waals surface area contributed by atoms with Crippen molar-refractivity contribution in [3.05, 3.63) is 47.5 Å². The summed E-state index contributed by atoms with van der Waals surface area (Å²) < 4.78 is 22.8. The Bertz CT molecular complexity index is 947. The second-order valence-corrected chi connectivity index (χ2v) is 8.81. The number of nitrogens with zero attached hydrogens (tertiary/aromatic N) is 1. The molecule has 0 spiro atoms. The molecule has 2 rings (SSSR count). The molecule has 36 heavy (non-hydrogen) atoms. The van der Waals surface area contributed by atoms with Crippen LogP contribution in [0.5, 0.6) is 23.0 Å². The van der Waals surface area contributed by atoms with Gasteiger partial charge in [-0.25, -0.2) is 0 Å². The van der Waals surface area contributed by atoms with Crippen LogP contribution in [0.3, 0.4) is 0 Å². The number of methoxy groups -OCH3 is 2. The zero-order chi connectivity index (χ0) is 26.0. The van der Waals surface area contributed by atoms with Gasteiger partial charge in [-0.2, -0.15) is 0 Å². The van der Waals surface area contributed by atoms with Crippen molar-refractivity contribution in [2.24, 2.45) is 5.73 Å². The van der Waals surface area contributed by atoms with Gasteiger partial charge in [0.2, 0.25) is 5.75 Å². The molecule has 0 saturated carbocycles. The fourth-order valence-electron chi connectivity index (χ4n) is 3.84. The van der Waals surface area contributed by atoms with Crippen molar-refractivity contribution in [1.29, 1.82) is 5.41 Å². The average molecular weight is 522 g/mol. The lowest BCUT2D eigenvalue weighted by Gasteiger charge is -2.31. The van der Waals surface area contributed by atoms with Gasteiger partial charge in [-0.3, -0.25) is 10.2 Å². The Morgan fingerprint density at radius 2 is 1.36 bits per heavy atom. The summed E-state index contributed by atoms with van der Waals surface area (Å²) in [4.78, 5) is 15.0. The Hall–Kier alpha value is -3.13. The van der Waals surface area contributed by atoms with Crippen LogP contribution in [0.15, 0.2) is 36.4 Å². The molecule has 0 fully saturated rings. The highest BCUT2D eigenvalue weighted by Gasteiger charge is 2.25. The van der Waals surface area contributed by atoms with E-state index in [1.807, 2.05) is 44.7 Å². The second kappa shape index (κ2) is 15.1. The molecule has 0 radical (unpaired) electrons. The third-order valence-corrected chi connectivity index (χ3v) is 5.52. The van der Waals surface area contributed by atoms with Gasteiger partial charge in [0.1, 0.15) is 11.6 Å². The number of nitrogen functional groups attached to an aromatic ring is 1. The van der Waals surface area contributed by atoms with Crippen molar-refractivity contribution >= 4 is 24.1 Å². The van der Waals surface area contributed by atoms with Crippen LogP contribution in [-0.4, -0.2) is 56.2 Å². The number of nitrogens with one attached hydrogen (secondary N) is 1. The Labute approximate surface area is 221 Å². The Morgan fingerprint density at radius 1 is 0.861 bits per heavy atom. The van der Waals surface area contributed by atoms with Gasteiger partial charge in [-0.15, -0.1) is 12.4 Å². The van der Waals surface area contributed by atoms with Crippen LogP contribution in [-0.2, 0) is 0 Å². The number of ether oxygens (including phenoxy) is 4.